The molecule has 0 heterocycles. The predicted molar refractivity (Wildman–Crippen MR) is 76.1 cm³/mol. The highest BCUT2D eigenvalue weighted by Crippen LogP contribution is 2.44. The maximum atomic E-state index is 12.5. The van der Waals surface area contributed by atoms with E-state index < -0.39 is 12.9 Å². The second-order valence-electron chi connectivity index (χ2n) is 4.48. The molecule has 4 heteroatoms. The van der Waals surface area contributed by atoms with Crippen molar-refractivity contribution in [1.82, 2.24) is 0 Å². The van der Waals surface area contributed by atoms with E-state index in [0.717, 1.165) is 0 Å². The van der Waals surface area contributed by atoms with Gasteiger partial charge in [0.1, 0.15) is 0 Å². The predicted octanol–water partition coefficient (Wildman–Crippen LogP) is 3.04. The van der Waals surface area contributed by atoms with Crippen LogP contribution in [-0.4, -0.2) is 10.4 Å². The van der Waals surface area contributed by atoms with E-state index in [1.54, 1.807) is 56.3 Å². The zero-order chi connectivity index (χ0) is 14.0. The Bertz CT molecular complexity index is 677. The average Bonchev–Trinajstić information content (AvgIpc) is 2.39. The summed E-state index contributed by atoms with van der Waals surface area (Å²) in [5.41, 5.74) is 0.946. The van der Waals surface area contributed by atoms with E-state index in [2.05, 4.69) is 0 Å². The van der Waals surface area contributed by atoms with Crippen LogP contribution in [0.2, 0.25) is 0 Å². The number of carbonyl (C=O) groups is 1. The third kappa shape index (κ3) is 2.53. The molecule has 0 fully saturated rings. The minimum atomic E-state index is -4.06. The Labute approximate surface area is 112 Å². The van der Waals surface area contributed by atoms with Crippen LogP contribution in [0.4, 0.5) is 0 Å². The Morgan fingerprint density at radius 2 is 1.47 bits per heavy atom. The fraction of sp³-hybridized carbons (Fsp3) is 0.133. The molecule has 0 aromatic heterocycles. The second kappa shape index (κ2) is 5.12. The maximum absolute atomic E-state index is 12.5. The molecule has 0 bridgehead atoms. The average molecular weight is 274 g/mol. The Morgan fingerprint density at radius 3 is 2.05 bits per heavy atom. The summed E-state index contributed by atoms with van der Waals surface area (Å²) in [6.45, 7) is 3.48. The molecule has 1 atom stereocenters. The van der Waals surface area contributed by atoms with Crippen LogP contribution in [0.15, 0.2) is 48.5 Å². The van der Waals surface area contributed by atoms with Crippen LogP contribution in [0.3, 0.4) is 0 Å². The summed E-state index contributed by atoms with van der Waals surface area (Å²) in [5.74, 6) is 0. The normalized spacial score (nSPS) is 13.8. The molecule has 0 amide bonds. The second-order valence-corrected chi connectivity index (χ2v) is 6.52. The van der Waals surface area contributed by atoms with E-state index in [1.165, 1.54) is 6.07 Å². The molecule has 1 unspecified atom stereocenters. The van der Waals surface area contributed by atoms with Gasteiger partial charge in [0.2, 0.25) is 0 Å². The van der Waals surface area contributed by atoms with Crippen LogP contribution in [-0.2, 0) is 4.57 Å². The molecule has 0 aliphatic heterocycles. The minimum absolute atomic E-state index is 0.211. The lowest BCUT2D eigenvalue weighted by Crippen LogP contribution is -2.16. The summed E-state index contributed by atoms with van der Waals surface area (Å²) < 4.78 is 12.5. The molecular weight excluding hydrogens is 259 g/mol. The lowest BCUT2D eigenvalue weighted by Gasteiger charge is -2.14. The van der Waals surface area contributed by atoms with Crippen LogP contribution in [0, 0.1) is 13.8 Å². The fourth-order valence-corrected chi connectivity index (χ4v) is 3.63. The van der Waals surface area contributed by atoms with Crippen molar-refractivity contribution in [3.05, 3.63) is 65.2 Å². The molecule has 0 saturated carbocycles. The molecule has 19 heavy (non-hydrogen) atoms. The summed E-state index contributed by atoms with van der Waals surface area (Å²) in [4.78, 5) is 22.5. The van der Waals surface area contributed by atoms with Gasteiger partial charge in [-0.2, -0.15) is 0 Å². The molecule has 0 aliphatic carbocycles. The van der Waals surface area contributed by atoms with Gasteiger partial charge in [-0.15, -0.1) is 0 Å². The first-order valence-electron chi connectivity index (χ1n) is 5.94. The van der Waals surface area contributed by atoms with E-state index in [1.807, 2.05) is 0 Å². The SMILES string of the molecule is Cc1ccccc1C(=O)P(=O)(O)c1ccccc1C. The summed E-state index contributed by atoms with van der Waals surface area (Å²) in [5, 5.41) is 0.211. The Kier molecular flexibility index (Phi) is 3.70. The number of rotatable bonds is 3. The summed E-state index contributed by atoms with van der Waals surface area (Å²) in [6.07, 6.45) is 0. The molecule has 2 rings (SSSR count). The van der Waals surface area contributed by atoms with Crippen molar-refractivity contribution in [2.75, 3.05) is 0 Å². The zero-order valence-corrected chi connectivity index (χ0v) is 11.7. The van der Waals surface area contributed by atoms with Crippen molar-refractivity contribution < 1.29 is 14.3 Å². The van der Waals surface area contributed by atoms with Gasteiger partial charge in [0.05, 0.1) is 0 Å². The fourth-order valence-electron chi connectivity index (χ4n) is 1.99. The number of hydrogen-bond acceptors (Lipinski definition) is 2. The molecule has 0 saturated heterocycles. The first-order valence-corrected chi connectivity index (χ1v) is 7.60. The molecule has 3 nitrogen and oxygen atoms in total. The number of hydrogen-bond donors (Lipinski definition) is 1. The Morgan fingerprint density at radius 1 is 0.947 bits per heavy atom. The summed E-state index contributed by atoms with van der Waals surface area (Å²) in [6, 6.07) is 13.5. The summed E-state index contributed by atoms with van der Waals surface area (Å²) in [7, 11) is -4.06. The molecule has 2 aromatic carbocycles. The van der Waals surface area contributed by atoms with Gasteiger partial charge in [0, 0.05) is 10.9 Å². The van der Waals surface area contributed by atoms with Crippen molar-refractivity contribution in [1.29, 1.82) is 0 Å². The van der Waals surface area contributed by atoms with E-state index in [0.29, 0.717) is 16.7 Å². The third-order valence-electron chi connectivity index (χ3n) is 3.09. The number of carbonyl (C=O) groups excluding carboxylic acids is 1. The minimum Gasteiger partial charge on any atom is -0.336 e. The van der Waals surface area contributed by atoms with Gasteiger partial charge in [0.15, 0.2) is 0 Å². The van der Waals surface area contributed by atoms with Gasteiger partial charge in [-0.05, 0) is 31.0 Å². The summed E-state index contributed by atoms with van der Waals surface area (Å²) >= 11 is 0. The monoisotopic (exact) mass is 274 g/mol. The Balaban J connectivity index is 2.52. The smallest absolute Gasteiger partial charge is 0.298 e. The van der Waals surface area contributed by atoms with Crippen LogP contribution >= 0.6 is 7.37 Å². The zero-order valence-electron chi connectivity index (χ0n) is 10.8. The van der Waals surface area contributed by atoms with E-state index in [9.17, 15) is 14.3 Å². The molecule has 0 radical (unpaired) electrons. The van der Waals surface area contributed by atoms with Crippen LogP contribution in [0.1, 0.15) is 21.5 Å². The van der Waals surface area contributed by atoms with E-state index in [4.69, 9.17) is 0 Å². The van der Waals surface area contributed by atoms with Gasteiger partial charge in [-0.25, -0.2) is 0 Å². The van der Waals surface area contributed by atoms with Gasteiger partial charge >= 0.3 is 0 Å². The highest BCUT2D eigenvalue weighted by molar-refractivity contribution is 7.82. The number of aryl methyl sites for hydroxylation is 2. The molecule has 98 valence electrons. The van der Waals surface area contributed by atoms with Crippen molar-refractivity contribution in [3.8, 4) is 0 Å². The molecule has 1 N–H and O–H groups in total. The largest absolute Gasteiger partial charge is 0.336 e. The van der Waals surface area contributed by atoms with Crippen LogP contribution in [0.25, 0.3) is 0 Å². The topological polar surface area (TPSA) is 54.4 Å². The number of benzene rings is 2. The highest BCUT2D eigenvalue weighted by Gasteiger charge is 2.34. The van der Waals surface area contributed by atoms with Gasteiger partial charge < -0.3 is 4.89 Å². The third-order valence-corrected chi connectivity index (χ3v) is 5.04. The quantitative estimate of drug-likeness (QED) is 0.875. The van der Waals surface area contributed by atoms with Crippen LogP contribution < -0.4 is 5.30 Å². The van der Waals surface area contributed by atoms with Crippen molar-refractivity contribution >= 4 is 18.2 Å². The van der Waals surface area contributed by atoms with E-state index >= 15 is 0 Å². The van der Waals surface area contributed by atoms with Gasteiger partial charge in [0.25, 0.3) is 12.9 Å². The lowest BCUT2D eigenvalue weighted by molar-refractivity contribution is 0.106. The van der Waals surface area contributed by atoms with Gasteiger partial charge in [-0.1, -0.05) is 42.5 Å². The Hall–Kier alpha value is -1.70. The van der Waals surface area contributed by atoms with Crippen LogP contribution in [0.5, 0.6) is 0 Å². The first-order chi connectivity index (χ1) is 8.94. The molecule has 0 spiro atoms. The molecule has 0 aliphatic rings. The van der Waals surface area contributed by atoms with Gasteiger partial charge in [-0.3, -0.25) is 9.36 Å². The lowest BCUT2D eigenvalue weighted by atomic mass is 10.1. The van der Waals surface area contributed by atoms with E-state index in [-0.39, 0.29) is 5.30 Å². The molecule has 2 aromatic rings. The standard InChI is InChI=1S/C15H15O3P/c1-11-7-3-5-9-13(11)15(16)19(17,18)14-10-6-4-8-12(14)2/h3-10H,1-2H3,(H,17,18). The molecular formula is C15H15O3P. The van der Waals surface area contributed by atoms with Crippen molar-refractivity contribution in [2.45, 2.75) is 13.8 Å². The first kappa shape index (κ1) is 13.7. The maximum Gasteiger partial charge on any atom is 0.298 e. The van der Waals surface area contributed by atoms with Crippen molar-refractivity contribution in [2.24, 2.45) is 0 Å². The highest BCUT2D eigenvalue weighted by atomic mass is 31.2. The van der Waals surface area contributed by atoms with Crippen molar-refractivity contribution in [3.63, 3.8) is 0 Å².